The number of alkyl halides is 3. The summed E-state index contributed by atoms with van der Waals surface area (Å²) in [6.45, 7) is 0. The fourth-order valence-corrected chi connectivity index (χ4v) is 2.49. The molecule has 0 saturated carbocycles. The molecule has 0 spiro atoms. The first kappa shape index (κ1) is 21.3. The first-order chi connectivity index (χ1) is 13.3. The number of nitrogens with one attached hydrogen (secondary N) is 2. The van der Waals surface area contributed by atoms with E-state index >= 15 is 0 Å². The molecule has 0 bridgehead atoms. The number of halogens is 3. The molecule has 0 aliphatic rings. The summed E-state index contributed by atoms with van der Waals surface area (Å²) in [7, 11) is 4.46. The second-order valence-electron chi connectivity index (χ2n) is 5.33. The second-order valence-corrected chi connectivity index (χ2v) is 5.73. The zero-order valence-electron chi connectivity index (χ0n) is 15.3. The van der Waals surface area contributed by atoms with Gasteiger partial charge in [-0.2, -0.15) is 18.3 Å². The molecule has 0 fully saturated rings. The van der Waals surface area contributed by atoms with Crippen LogP contribution in [0.4, 0.5) is 18.9 Å². The van der Waals surface area contributed by atoms with E-state index in [1.165, 1.54) is 39.7 Å². The van der Waals surface area contributed by atoms with Crippen LogP contribution in [0.3, 0.4) is 0 Å². The Balaban J connectivity index is 2.08. The summed E-state index contributed by atoms with van der Waals surface area (Å²) in [5.74, 6) is 1.30. The highest BCUT2D eigenvalue weighted by Gasteiger charge is 2.30. The molecular weight excluding hydrogens is 395 g/mol. The highest BCUT2D eigenvalue weighted by Crippen LogP contribution is 2.39. The van der Waals surface area contributed by atoms with Crippen LogP contribution >= 0.6 is 12.2 Å². The Hall–Kier alpha value is -3.01. The van der Waals surface area contributed by atoms with Gasteiger partial charge in [0.25, 0.3) is 0 Å². The minimum absolute atomic E-state index is 0.0232. The van der Waals surface area contributed by atoms with Crippen LogP contribution in [0.25, 0.3) is 0 Å². The average Bonchev–Trinajstić information content (AvgIpc) is 2.66. The lowest BCUT2D eigenvalue weighted by Gasteiger charge is -2.14. The van der Waals surface area contributed by atoms with Crippen molar-refractivity contribution in [3.63, 3.8) is 0 Å². The minimum atomic E-state index is -4.44. The van der Waals surface area contributed by atoms with Crippen molar-refractivity contribution in [3.05, 3.63) is 47.5 Å². The molecule has 0 aliphatic heterocycles. The average molecular weight is 413 g/mol. The molecule has 150 valence electrons. The molecule has 6 nitrogen and oxygen atoms in total. The van der Waals surface area contributed by atoms with Gasteiger partial charge in [0, 0.05) is 11.3 Å². The van der Waals surface area contributed by atoms with Gasteiger partial charge in [-0.05, 0) is 42.5 Å². The lowest BCUT2D eigenvalue weighted by Crippen LogP contribution is -2.24. The Morgan fingerprint density at radius 3 is 2.36 bits per heavy atom. The van der Waals surface area contributed by atoms with Gasteiger partial charge in [0.05, 0.1) is 33.1 Å². The molecule has 10 heteroatoms. The van der Waals surface area contributed by atoms with E-state index in [0.29, 0.717) is 22.8 Å². The third-order valence-corrected chi connectivity index (χ3v) is 3.75. The summed E-state index contributed by atoms with van der Waals surface area (Å²) >= 11 is 5.04. The number of hydrogen-bond acceptors (Lipinski definition) is 5. The lowest BCUT2D eigenvalue weighted by atomic mass is 10.2. The van der Waals surface area contributed by atoms with E-state index in [1.807, 2.05) is 0 Å². The quantitative estimate of drug-likeness (QED) is 0.423. The molecule has 0 aromatic heterocycles. The number of hydrazone groups is 1. The SMILES string of the molecule is COc1ccc(/C=N/NC(=S)Nc2cccc(C(F)(F)F)c2)c(OC)c1OC. The summed E-state index contributed by atoms with van der Waals surface area (Å²) in [6.07, 6.45) is -3.00. The van der Waals surface area contributed by atoms with Crippen molar-refractivity contribution < 1.29 is 27.4 Å². The zero-order chi connectivity index (χ0) is 20.7. The summed E-state index contributed by atoms with van der Waals surface area (Å²) < 4.78 is 54.1. The van der Waals surface area contributed by atoms with E-state index in [2.05, 4.69) is 15.8 Å². The van der Waals surface area contributed by atoms with Gasteiger partial charge in [0.15, 0.2) is 16.6 Å². The van der Waals surface area contributed by atoms with Gasteiger partial charge >= 0.3 is 6.18 Å². The van der Waals surface area contributed by atoms with Gasteiger partial charge in [-0.15, -0.1) is 0 Å². The maximum Gasteiger partial charge on any atom is 0.416 e. The van der Waals surface area contributed by atoms with Crippen LogP contribution in [0.1, 0.15) is 11.1 Å². The van der Waals surface area contributed by atoms with Crippen LogP contribution in [0.15, 0.2) is 41.5 Å². The van der Waals surface area contributed by atoms with E-state index in [9.17, 15) is 13.2 Å². The van der Waals surface area contributed by atoms with Crippen molar-refractivity contribution in [1.29, 1.82) is 0 Å². The first-order valence-electron chi connectivity index (χ1n) is 7.86. The van der Waals surface area contributed by atoms with Gasteiger partial charge in [0.1, 0.15) is 0 Å². The molecular formula is C18H18F3N3O3S. The predicted octanol–water partition coefficient (Wildman–Crippen LogP) is 4.05. The molecule has 0 heterocycles. The summed E-state index contributed by atoms with van der Waals surface area (Å²) in [4.78, 5) is 0. The van der Waals surface area contributed by atoms with Gasteiger partial charge in [-0.25, -0.2) is 0 Å². The smallest absolute Gasteiger partial charge is 0.416 e. The number of anilines is 1. The molecule has 2 rings (SSSR count). The fourth-order valence-electron chi connectivity index (χ4n) is 2.32. The van der Waals surface area contributed by atoms with E-state index < -0.39 is 11.7 Å². The normalized spacial score (nSPS) is 11.2. The minimum Gasteiger partial charge on any atom is -0.493 e. The van der Waals surface area contributed by atoms with Gasteiger partial charge in [0.2, 0.25) is 5.75 Å². The Morgan fingerprint density at radius 1 is 1.04 bits per heavy atom. The third-order valence-electron chi connectivity index (χ3n) is 3.55. The molecule has 28 heavy (non-hydrogen) atoms. The van der Waals surface area contributed by atoms with Crippen LogP contribution in [-0.4, -0.2) is 32.7 Å². The van der Waals surface area contributed by atoms with Gasteiger partial charge in [-0.3, -0.25) is 5.43 Å². The van der Waals surface area contributed by atoms with Crippen LogP contribution in [0.5, 0.6) is 17.2 Å². The maximum atomic E-state index is 12.8. The number of ether oxygens (including phenoxy) is 3. The second kappa shape index (κ2) is 9.27. The molecule has 0 aliphatic carbocycles. The van der Waals surface area contributed by atoms with Crippen molar-refractivity contribution >= 4 is 29.2 Å². The summed E-state index contributed by atoms with van der Waals surface area (Å²) in [5, 5.41) is 6.63. The third kappa shape index (κ3) is 5.26. The highest BCUT2D eigenvalue weighted by molar-refractivity contribution is 7.80. The molecule has 2 aromatic rings. The Kier molecular flexibility index (Phi) is 7.05. The molecule has 0 atom stereocenters. The molecule has 2 aromatic carbocycles. The number of hydrogen-bond donors (Lipinski definition) is 2. The monoisotopic (exact) mass is 413 g/mol. The topological polar surface area (TPSA) is 64.1 Å². The van der Waals surface area contributed by atoms with Gasteiger partial charge < -0.3 is 19.5 Å². The number of rotatable bonds is 6. The first-order valence-corrected chi connectivity index (χ1v) is 8.27. The Morgan fingerprint density at radius 2 is 1.75 bits per heavy atom. The Bertz CT molecular complexity index is 873. The maximum absolute atomic E-state index is 12.8. The fraction of sp³-hybridized carbons (Fsp3) is 0.222. The summed E-state index contributed by atoms with van der Waals surface area (Å²) in [6, 6.07) is 8.06. The number of benzene rings is 2. The van der Waals surface area contributed by atoms with Crippen molar-refractivity contribution in [2.45, 2.75) is 6.18 Å². The predicted molar refractivity (Wildman–Crippen MR) is 104 cm³/mol. The van der Waals surface area contributed by atoms with E-state index in [4.69, 9.17) is 26.4 Å². The molecule has 0 saturated heterocycles. The van der Waals surface area contributed by atoms with E-state index in [1.54, 1.807) is 12.1 Å². The zero-order valence-corrected chi connectivity index (χ0v) is 16.1. The standard InChI is InChI=1S/C18H18F3N3O3S/c1-25-14-8-7-11(15(26-2)16(14)27-3)10-22-24-17(28)23-13-6-4-5-12(9-13)18(19,20)21/h4-10H,1-3H3,(H2,23,24,28)/b22-10+. The van der Waals surface area contributed by atoms with Gasteiger partial charge in [-0.1, -0.05) is 6.07 Å². The molecule has 0 unspecified atom stereocenters. The molecule has 2 N–H and O–H groups in total. The number of methoxy groups -OCH3 is 3. The van der Waals surface area contributed by atoms with Crippen molar-refractivity contribution in [1.82, 2.24) is 5.43 Å². The van der Waals surface area contributed by atoms with Crippen molar-refractivity contribution in [2.75, 3.05) is 26.6 Å². The van der Waals surface area contributed by atoms with Crippen LogP contribution in [0, 0.1) is 0 Å². The van der Waals surface area contributed by atoms with E-state index in [-0.39, 0.29) is 10.8 Å². The van der Waals surface area contributed by atoms with E-state index in [0.717, 1.165) is 12.1 Å². The Labute approximate surface area is 165 Å². The number of thiocarbonyl (C=S) groups is 1. The van der Waals surface area contributed by atoms with Crippen molar-refractivity contribution in [3.8, 4) is 17.2 Å². The number of nitrogens with zero attached hydrogens (tertiary/aromatic N) is 1. The molecule has 0 amide bonds. The largest absolute Gasteiger partial charge is 0.493 e. The summed E-state index contributed by atoms with van der Waals surface area (Å²) in [5.41, 5.74) is 2.52. The van der Waals surface area contributed by atoms with Crippen molar-refractivity contribution in [2.24, 2.45) is 5.10 Å². The molecule has 0 radical (unpaired) electrons. The van der Waals surface area contributed by atoms with Crippen LogP contribution < -0.4 is 25.0 Å². The lowest BCUT2D eigenvalue weighted by molar-refractivity contribution is -0.137. The van der Waals surface area contributed by atoms with Crippen LogP contribution in [-0.2, 0) is 6.18 Å². The highest BCUT2D eigenvalue weighted by atomic mass is 32.1. The van der Waals surface area contributed by atoms with Crippen LogP contribution in [0.2, 0.25) is 0 Å².